The molecule has 0 fully saturated rings. The van der Waals surface area contributed by atoms with Gasteiger partial charge in [0.05, 0.1) is 18.2 Å². The van der Waals surface area contributed by atoms with Crippen LogP contribution in [0.15, 0.2) is 84.9 Å². The first kappa shape index (κ1) is 27.8. The molecule has 1 N–H and O–H groups in total. The SMILES string of the molecule is COc1cccc(C(=O)Nc2ccc3c(c2)CCN(C(=O)Oc2ccc(C)cc2)C3)c1-c1ccc(C(F)(F)F)cc1. The zero-order chi connectivity index (χ0) is 29.1. The summed E-state index contributed by atoms with van der Waals surface area (Å²) in [5.41, 5.74) is 3.86. The molecule has 4 aromatic carbocycles. The Labute approximate surface area is 235 Å². The largest absolute Gasteiger partial charge is 0.496 e. The number of methoxy groups -OCH3 is 1. The average Bonchev–Trinajstić information content (AvgIpc) is 2.97. The predicted molar refractivity (Wildman–Crippen MR) is 149 cm³/mol. The number of amides is 2. The van der Waals surface area contributed by atoms with Gasteiger partial charge in [0.1, 0.15) is 11.5 Å². The molecule has 0 atom stereocenters. The van der Waals surface area contributed by atoms with E-state index in [1.807, 2.05) is 31.2 Å². The number of fused-ring (bicyclic) bond motifs is 1. The highest BCUT2D eigenvalue weighted by atomic mass is 19.4. The monoisotopic (exact) mass is 560 g/mol. The van der Waals surface area contributed by atoms with Crippen LogP contribution in [0.2, 0.25) is 0 Å². The fourth-order valence-electron chi connectivity index (χ4n) is 4.77. The number of ether oxygens (including phenoxy) is 2. The number of hydrogen-bond donors (Lipinski definition) is 1. The number of halogens is 3. The lowest BCUT2D eigenvalue weighted by atomic mass is 9.96. The minimum atomic E-state index is -4.47. The van der Waals surface area contributed by atoms with Crippen LogP contribution >= 0.6 is 0 Å². The third-order valence-electron chi connectivity index (χ3n) is 6.95. The van der Waals surface area contributed by atoms with Crippen LogP contribution < -0.4 is 14.8 Å². The van der Waals surface area contributed by atoms with Crippen LogP contribution in [0.1, 0.15) is 32.6 Å². The van der Waals surface area contributed by atoms with Crippen LogP contribution in [0.25, 0.3) is 11.1 Å². The highest BCUT2D eigenvalue weighted by Crippen LogP contribution is 2.36. The maximum Gasteiger partial charge on any atom is 0.416 e. The number of nitrogens with one attached hydrogen (secondary N) is 1. The van der Waals surface area contributed by atoms with Crippen molar-refractivity contribution < 1.29 is 32.2 Å². The Morgan fingerprint density at radius 1 is 0.902 bits per heavy atom. The van der Waals surface area contributed by atoms with Gasteiger partial charge in [-0.25, -0.2) is 4.79 Å². The van der Waals surface area contributed by atoms with Gasteiger partial charge in [-0.2, -0.15) is 13.2 Å². The molecule has 6 nitrogen and oxygen atoms in total. The summed E-state index contributed by atoms with van der Waals surface area (Å²) in [7, 11) is 1.44. The van der Waals surface area contributed by atoms with E-state index in [0.29, 0.717) is 47.8 Å². The number of nitrogens with zero attached hydrogens (tertiary/aromatic N) is 1. The van der Waals surface area contributed by atoms with E-state index in [1.54, 1.807) is 41.3 Å². The molecule has 0 unspecified atom stereocenters. The lowest BCUT2D eigenvalue weighted by Gasteiger charge is -2.28. The van der Waals surface area contributed by atoms with E-state index >= 15 is 0 Å². The van der Waals surface area contributed by atoms with Gasteiger partial charge < -0.3 is 19.7 Å². The van der Waals surface area contributed by atoms with Crippen LogP contribution in [-0.2, 0) is 19.1 Å². The van der Waals surface area contributed by atoms with Crippen LogP contribution in [0.3, 0.4) is 0 Å². The zero-order valence-electron chi connectivity index (χ0n) is 22.4. The van der Waals surface area contributed by atoms with Crippen molar-refractivity contribution in [2.24, 2.45) is 0 Å². The van der Waals surface area contributed by atoms with Gasteiger partial charge in [0.25, 0.3) is 5.91 Å². The summed E-state index contributed by atoms with van der Waals surface area (Å²) in [6, 6.07) is 22.3. The molecule has 0 saturated heterocycles. The summed E-state index contributed by atoms with van der Waals surface area (Å²) in [6.45, 7) is 2.80. The first-order valence-electron chi connectivity index (χ1n) is 12.9. The van der Waals surface area contributed by atoms with E-state index in [-0.39, 0.29) is 5.56 Å². The smallest absolute Gasteiger partial charge is 0.416 e. The number of carbonyl (C=O) groups is 2. The standard InChI is InChI=1S/C32H27F3N2O4/c1-20-6-14-26(15-7-20)41-31(39)37-17-16-22-18-25(13-10-23(22)19-37)36-30(38)27-4-3-5-28(40-2)29(27)21-8-11-24(12-9-21)32(33,34)35/h3-15,18H,16-17,19H2,1-2H3,(H,36,38). The molecule has 5 rings (SSSR count). The van der Waals surface area contributed by atoms with Gasteiger partial charge in [-0.05, 0) is 78.6 Å². The molecule has 41 heavy (non-hydrogen) atoms. The van der Waals surface area contributed by atoms with Crippen LogP contribution in [-0.4, -0.2) is 30.6 Å². The van der Waals surface area contributed by atoms with Gasteiger partial charge >= 0.3 is 12.3 Å². The number of benzene rings is 4. The third kappa shape index (κ3) is 6.19. The minimum absolute atomic E-state index is 0.256. The topological polar surface area (TPSA) is 67.9 Å². The predicted octanol–water partition coefficient (Wildman–Crippen LogP) is 7.50. The lowest BCUT2D eigenvalue weighted by molar-refractivity contribution is -0.137. The summed E-state index contributed by atoms with van der Waals surface area (Å²) in [5.74, 6) is 0.413. The molecule has 0 aromatic heterocycles. The van der Waals surface area contributed by atoms with Crippen molar-refractivity contribution >= 4 is 17.7 Å². The van der Waals surface area contributed by atoms with E-state index in [2.05, 4.69) is 5.32 Å². The second-order valence-corrected chi connectivity index (χ2v) is 9.75. The zero-order valence-corrected chi connectivity index (χ0v) is 22.4. The number of rotatable bonds is 5. The fourth-order valence-corrected chi connectivity index (χ4v) is 4.77. The average molecular weight is 561 g/mol. The van der Waals surface area contributed by atoms with Crippen LogP contribution in [0.5, 0.6) is 11.5 Å². The van der Waals surface area contributed by atoms with E-state index in [9.17, 15) is 22.8 Å². The number of carbonyl (C=O) groups excluding carboxylic acids is 2. The number of alkyl halides is 3. The molecule has 0 saturated carbocycles. The fraction of sp³-hybridized carbons (Fsp3) is 0.188. The Kier molecular flexibility index (Phi) is 7.70. The van der Waals surface area contributed by atoms with E-state index < -0.39 is 23.7 Å². The summed E-state index contributed by atoms with van der Waals surface area (Å²) < 4.78 is 50.2. The molecule has 1 aliphatic rings. The van der Waals surface area contributed by atoms with Crippen LogP contribution in [0, 0.1) is 6.92 Å². The van der Waals surface area contributed by atoms with Gasteiger partial charge in [0.15, 0.2) is 0 Å². The van der Waals surface area contributed by atoms with Gasteiger partial charge in [-0.3, -0.25) is 4.79 Å². The quantitative estimate of drug-likeness (QED) is 0.275. The summed E-state index contributed by atoms with van der Waals surface area (Å²) in [4.78, 5) is 27.7. The second-order valence-electron chi connectivity index (χ2n) is 9.75. The van der Waals surface area contributed by atoms with Gasteiger partial charge in [0.2, 0.25) is 0 Å². The molecule has 1 heterocycles. The molecule has 0 radical (unpaired) electrons. The first-order chi connectivity index (χ1) is 19.6. The molecule has 0 bridgehead atoms. The molecule has 210 valence electrons. The summed E-state index contributed by atoms with van der Waals surface area (Å²) in [5, 5.41) is 2.90. The second kappa shape index (κ2) is 11.4. The molecule has 0 spiro atoms. The normalized spacial score (nSPS) is 12.9. The molecular weight excluding hydrogens is 533 g/mol. The first-order valence-corrected chi connectivity index (χ1v) is 12.9. The number of aryl methyl sites for hydroxylation is 1. The maximum absolute atomic E-state index is 13.4. The lowest BCUT2D eigenvalue weighted by Crippen LogP contribution is -2.37. The van der Waals surface area contributed by atoms with Crippen molar-refractivity contribution in [1.29, 1.82) is 0 Å². The molecule has 9 heteroatoms. The molecule has 2 amide bonds. The number of anilines is 1. The maximum atomic E-state index is 13.4. The highest BCUT2D eigenvalue weighted by molar-refractivity contribution is 6.09. The Hall–Kier alpha value is -4.79. The summed E-state index contributed by atoms with van der Waals surface area (Å²) in [6.07, 6.45) is -4.31. The Morgan fingerprint density at radius 3 is 2.32 bits per heavy atom. The van der Waals surface area contributed by atoms with Crippen molar-refractivity contribution in [3.8, 4) is 22.6 Å². The van der Waals surface area contributed by atoms with E-state index in [0.717, 1.165) is 28.8 Å². The Balaban J connectivity index is 1.32. The van der Waals surface area contributed by atoms with Crippen LogP contribution in [0.4, 0.5) is 23.7 Å². The van der Waals surface area contributed by atoms with Crippen molar-refractivity contribution in [3.63, 3.8) is 0 Å². The third-order valence-corrected chi connectivity index (χ3v) is 6.95. The van der Waals surface area contributed by atoms with Crippen molar-refractivity contribution in [1.82, 2.24) is 4.90 Å². The molecule has 1 aliphatic heterocycles. The van der Waals surface area contributed by atoms with E-state index in [1.165, 1.54) is 19.2 Å². The Morgan fingerprint density at radius 2 is 1.63 bits per heavy atom. The van der Waals surface area contributed by atoms with Crippen molar-refractivity contribution in [2.75, 3.05) is 19.0 Å². The highest BCUT2D eigenvalue weighted by Gasteiger charge is 2.30. The van der Waals surface area contributed by atoms with E-state index in [4.69, 9.17) is 9.47 Å². The molecular formula is C32H27F3N2O4. The molecule has 4 aromatic rings. The Bertz CT molecular complexity index is 1580. The number of hydrogen-bond acceptors (Lipinski definition) is 4. The van der Waals surface area contributed by atoms with Crippen molar-refractivity contribution in [2.45, 2.75) is 26.1 Å². The van der Waals surface area contributed by atoms with Gasteiger partial charge in [0, 0.05) is 24.3 Å². The van der Waals surface area contributed by atoms with Crippen molar-refractivity contribution in [3.05, 3.63) is 113 Å². The summed E-state index contributed by atoms with van der Waals surface area (Å²) >= 11 is 0. The minimum Gasteiger partial charge on any atom is -0.496 e. The molecule has 0 aliphatic carbocycles. The van der Waals surface area contributed by atoms with Gasteiger partial charge in [-0.1, -0.05) is 42.0 Å². The van der Waals surface area contributed by atoms with Gasteiger partial charge in [-0.15, -0.1) is 0 Å².